The van der Waals surface area contributed by atoms with Crippen LogP contribution in [0.5, 0.6) is 0 Å². The Hall–Kier alpha value is -0.940. The highest BCUT2D eigenvalue weighted by atomic mass is 32.1. The molecule has 1 aromatic heterocycles. The lowest BCUT2D eigenvalue weighted by Gasteiger charge is -2.25. The molecule has 2 rings (SSSR count). The normalized spacial score (nSPS) is 17.0. The van der Waals surface area contributed by atoms with Crippen molar-refractivity contribution in [1.82, 2.24) is 9.88 Å². The Kier molecular flexibility index (Phi) is 4.50. The first-order chi connectivity index (χ1) is 8.24. The molecular formula is C12H19N3OS. The van der Waals surface area contributed by atoms with Crippen molar-refractivity contribution in [3.63, 3.8) is 0 Å². The topological polar surface area (TPSA) is 45.2 Å². The number of piperidine rings is 1. The molecule has 17 heavy (non-hydrogen) atoms. The predicted octanol–water partition coefficient (Wildman–Crippen LogP) is 2.27. The maximum Gasteiger partial charge on any atom is 0.227 e. The highest BCUT2D eigenvalue weighted by Gasteiger charge is 2.12. The molecule has 2 heterocycles. The first-order valence-electron chi connectivity index (χ1n) is 6.18. The minimum atomic E-state index is 0.0740. The molecular weight excluding hydrogens is 234 g/mol. The van der Waals surface area contributed by atoms with Gasteiger partial charge in [0.2, 0.25) is 5.91 Å². The summed E-state index contributed by atoms with van der Waals surface area (Å²) >= 11 is 1.48. The van der Waals surface area contributed by atoms with E-state index in [1.165, 1.54) is 30.6 Å². The van der Waals surface area contributed by atoms with Gasteiger partial charge in [-0.25, -0.2) is 4.98 Å². The number of thiazole rings is 1. The molecule has 0 spiro atoms. The number of carbonyl (C=O) groups excluding carboxylic acids is 1. The molecule has 1 aliphatic rings. The Morgan fingerprint density at radius 3 is 2.88 bits per heavy atom. The second kappa shape index (κ2) is 6.12. The molecule has 1 N–H and O–H groups in total. The molecule has 0 aromatic carbocycles. The number of hydrogen-bond donors (Lipinski definition) is 1. The minimum absolute atomic E-state index is 0.0740. The van der Waals surface area contributed by atoms with Crippen molar-refractivity contribution in [3.8, 4) is 0 Å². The van der Waals surface area contributed by atoms with Crippen molar-refractivity contribution in [3.05, 3.63) is 11.1 Å². The van der Waals surface area contributed by atoms with Gasteiger partial charge in [-0.2, -0.15) is 0 Å². The number of carbonyl (C=O) groups is 1. The first kappa shape index (κ1) is 12.5. The van der Waals surface area contributed by atoms with Crippen molar-refractivity contribution >= 4 is 22.4 Å². The van der Waals surface area contributed by atoms with Crippen LogP contribution in [0, 0.1) is 6.92 Å². The number of hydrogen-bond acceptors (Lipinski definition) is 4. The monoisotopic (exact) mass is 253 g/mol. The third-order valence-corrected chi connectivity index (χ3v) is 3.84. The molecule has 0 saturated carbocycles. The van der Waals surface area contributed by atoms with Crippen LogP contribution in [-0.2, 0) is 4.79 Å². The molecule has 5 heteroatoms. The zero-order valence-corrected chi connectivity index (χ0v) is 11.1. The lowest BCUT2D eigenvalue weighted by atomic mass is 10.1. The van der Waals surface area contributed by atoms with Crippen LogP contribution < -0.4 is 5.32 Å². The van der Waals surface area contributed by atoms with Gasteiger partial charge in [0.1, 0.15) is 0 Å². The summed E-state index contributed by atoms with van der Waals surface area (Å²) in [4.78, 5) is 18.3. The summed E-state index contributed by atoms with van der Waals surface area (Å²) in [5.41, 5.74) is 0.960. The molecule has 0 radical (unpaired) electrons. The van der Waals surface area contributed by atoms with Gasteiger partial charge in [0.05, 0.1) is 5.69 Å². The number of rotatable bonds is 4. The standard InChI is InChI=1S/C12H19N3OS/c1-10-9-17-12(13-10)14-11(16)5-8-15-6-3-2-4-7-15/h9H,2-8H2,1H3,(H,13,14,16). The molecule has 0 aliphatic carbocycles. The van der Waals surface area contributed by atoms with Crippen LogP contribution in [-0.4, -0.2) is 35.4 Å². The smallest absolute Gasteiger partial charge is 0.227 e. The van der Waals surface area contributed by atoms with E-state index in [-0.39, 0.29) is 5.91 Å². The summed E-state index contributed by atoms with van der Waals surface area (Å²) in [5.74, 6) is 0.0740. The molecule has 1 aromatic rings. The first-order valence-corrected chi connectivity index (χ1v) is 7.06. The highest BCUT2D eigenvalue weighted by molar-refractivity contribution is 7.13. The van der Waals surface area contributed by atoms with Crippen LogP contribution in [0.4, 0.5) is 5.13 Å². The summed E-state index contributed by atoms with van der Waals surface area (Å²) < 4.78 is 0. The van der Waals surface area contributed by atoms with Crippen LogP contribution >= 0.6 is 11.3 Å². The second-order valence-corrected chi connectivity index (χ2v) is 5.35. The molecule has 4 nitrogen and oxygen atoms in total. The van der Waals surface area contributed by atoms with E-state index >= 15 is 0 Å². The van der Waals surface area contributed by atoms with Gasteiger partial charge in [0.15, 0.2) is 5.13 Å². The van der Waals surface area contributed by atoms with Gasteiger partial charge in [0, 0.05) is 18.3 Å². The maximum absolute atomic E-state index is 11.7. The third kappa shape index (κ3) is 4.09. The van der Waals surface area contributed by atoms with Gasteiger partial charge >= 0.3 is 0 Å². The Bertz CT molecular complexity index is 372. The van der Waals surface area contributed by atoms with Crippen molar-refractivity contribution in [2.45, 2.75) is 32.6 Å². The summed E-state index contributed by atoms with van der Waals surface area (Å²) in [7, 11) is 0. The molecule has 0 atom stereocenters. The Morgan fingerprint density at radius 1 is 1.47 bits per heavy atom. The van der Waals surface area contributed by atoms with E-state index in [0.29, 0.717) is 11.6 Å². The zero-order valence-electron chi connectivity index (χ0n) is 10.2. The lowest BCUT2D eigenvalue weighted by Crippen LogP contribution is -2.32. The van der Waals surface area contributed by atoms with Crippen LogP contribution in [0.3, 0.4) is 0 Å². The molecule has 94 valence electrons. The van der Waals surface area contributed by atoms with Crippen molar-refractivity contribution in [2.24, 2.45) is 0 Å². The van der Waals surface area contributed by atoms with E-state index in [0.717, 1.165) is 25.3 Å². The fourth-order valence-corrected chi connectivity index (χ4v) is 2.74. The molecule has 1 amide bonds. The van der Waals surface area contributed by atoms with Crippen LogP contribution in [0.15, 0.2) is 5.38 Å². The SMILES string of the molecule is Cc1csc(NC(=O)CCN2CCCCC2)n1. The second-order valence-electron chi connectivity index (χ2n) is 4.49. The fraction of sp³-hybridized carbons (Fsp3) is 0.667. The summed E-state index contributed by atoms with van der Waals surface area (Å²) in [5, 5.41) is 5.50. The molecule has 1 saturated heterocycles. The average molecular weight is 253 g/mol. The largest absolute Gasteiger partial charge is 0.303 e. The van der Waals surface area contributed by atoms with Crippen molar-refractivity contribution in [1.29, 1.82) is 0 Å². The minimum Gasteiger partial charge on any atom is -0.303 e. The maximum atomic E-state index is 11.7. The average Bonchev–Trinajstić information content (AvgIpc) is 2.73. The number of aryl methyl sites for hydroxylation is 1. The number of anilines is 1. The van der Waals surface area contributed by atoms with Gasteiger partial charge in [-0.3, -0.25) is 4.79 Å². The summed E-state index contributed by atoms with van der Waals surface area (Å²) in [6, 6.07) is 0. The van der Waals surface area contributed by atoms with Gasteiger partial charge in [-0.15, -0.1) is 11.3 Å². The fourth-order valence-electron chi connectivity index (χ4n) is 2.04. The van der Waals surface area contributed by atoms with Crippen molar-refractivity contribution < 1.29 is 4.79 Å². The van der Waals surface area contributed by atoms with Crippen molar-refractivity contribution in [2.75, 3.05) is 25.0 Å². The van der Waals surface area contributed by atoms with E-state index in [9.17, 15) is 4.79 Å². The van der Waals surface area contributed by atoms with E-state index < -0.39 is 0 Å². The van der Waals surface area contributed by atoms with Crippen LogP contribution in [0.25, 0.3) is 0 Å². The molecule has 0 bridgehead atoms. The Balaban J connectivity index is 1.70. The van der Waals surface area contributed by atoms with Gasteiger partial charge in [-0.05, 0) is 32.9 Å². The third-order valence-electron chi connectivity index (χ3n) is 2.97. The van der Waals surface area contributed by atoms with Crippen LogP contribution in [0.2, 0.25) is 0 Å². The van der Waals surface area contributed by atoms with Crippen LogP contribution in [0.1, 0.15) is 31.4 Å². The van der Waals surface area contributed by atoms with E-state index in [1.807, 2.05) is 12.3 Å². The van der Waals surface area contributed by atoms with Gasteiger partial charge in [0.25, 0.3) is 0 Å². The molecule has 1 aliphatic heterocycles. The Morgan fingerprint density at radius 2 is 2.24 bits per heavy atom. The summed E-state index contributed by atoms with van der Waals surface area (Å²) in [6.45, 7) is 5.09. The number of nitrogens with zero attached hydrogens (tertiary/aromatic N) is 2. The molecule has 1 fully saturated rings. The van der Waals surface area contributed by atoms with Gasteiger partial charge in [-0.1, -0.05) is 6.42 Å². The van der Waals surface area contributed by atoms with E-state index in [4.69, 9.17) is 0 Å². The Labute approximate surface area is 106 Å². The zero-order chi connectivity index (χ0) is 12.1. The predicted molar refractivity (Wildman–Crippen MR) is 70.4 cm³/mol. The number of aromatic nitrogens is 1. The van der Waals surface area contributed by atoms with Gasteiger partial charge < -0.3 is 10.2 Å². The van der Waals surface area contributed by atoms with E-state index in [1.54, 1.807) is 0 Å². The lowest BCUT2D eigenvalue weighted by molar-refractivity contribution is -0.116. The number of nitrogens with one attached hydrogen (secondary N) is 1. The quantitative estimate of drug-likeness (QED) is 0.895. The molecule has 0 unspecified atom stereocenters. The summed E-state index contributed by atoms with van der Waals surface area (Å²) in [6.07, 6.45) is 4.44. The number of amides is 1. The van der Waals surface area contributed by atoms with E-state index in [2.05, 4.69) is 15.2 Å². The highest BCUT2D eigenvalue weighted by Crippen LogP contribution is 2.15. The number of likely N-dealkylation sites (tertiary alicyclic amines) is 1.